The van der Waals surface area contributed by atoms with Gasteiger partial charge in [-0.15, -0.1) is 0 Å². The number of aryl methyl sites for hydroxylation is 3. The Kier molecular flexibility index (Phi) is 7.37. The zero-order valence-electron chi connectivity index (χ0n) is 19.2. The summed E-state index contributed by atoms with van der Waals surface area (Å²) < 4.78 is 5.57. The summed E-state index contributed by atoms with van der Waals surface area (Å²) >= 11 is 0. The lowest BCUT2D eigenvalue weighted by atomic mass is 9.71. The maximum absolute atomic E-state index is 11.7. The molecule has 2 N–H and O–H groups in total. The second-order valence-electron chi connectivity index (χ2n) is 8.94. The second-order valence-corrected chi connectivity index (χ2v) is 8.94. The Labute approximate surface area is 194 Å². The highest BCUT2D eigenvalue weighted by atomic mass is 16.5. The Morgan fingerprint density at radius 3 is 2.79 bits per heavy atom. The van der Waals surface area contributed by atoms with Crippen LogP contribution in [0, 0.1) is 0 Å². The molecule has 0 radical (unpaired) electrons. The molecule has 4 rings (SSSR count). The molecule has 0 spiro atoms. The van der Waals surface area contributed by atoms with E-state index in [0.717, 1.165) is 62.1 Å². The topological polar surface area (TPSA) is 101 Å². The van der Waals surface area contributed by atoms with E-state index in [0.29, 0.717) is 24.6 Å². The van der Waals surface area contributed by atoms with E-state index in [1.807, 2.05) is 30.3 Å². The van der Waals surface area contributed by atoms with E-state index in [1.54, 1.807) is 0 Å². The van der Waals surface area contributed by atoms with Crippen molar-refractivity contribution in [2.45, 2.75) is 70.1 Å². The standard InChI is InChI=1S/C26H32N4O3/c1-2-15-26(18-24(31)32,20-9-4-3-5-10-20)17-23-29-22(30-33-23)12-6-11-21-14-13-19-8-7-16-27-25(19)28-21/h3-5,9-10,13-14H,2,6-8,11-12,15-18H2,1H3,(H,27,28)(H,31,32). The van der Waals surface area contributed by atoms with Crippen LogP contribution in [0.1, 0.15) is 67.6 Å². The fraction of sp³-hybridized carbons (Fsp3) is 0.462. The van der Waals surface area contributed by atoms with Crippen LogP contribution in [-0.4, -0.2) is 32.7 Å². The molecule has 174 valence electrons. The van der Waals surface area contributed by atoms with Crippen LogP contribution in [0.25, 0.3) is 0 Å². The van der Waals surface area contributed by atoms with Gasteiger partial charge in [-0.1, -0.05) is 54.9 Å². The minimum atomic E-state index is -0.820. The molecule has 0 bridgehead atoms. The second kappa shape index (κ2) is 10.6. The first-order valence-electron chi connectivity index (χ1n) is 11.9. The van der Waals surface area contributed by atoms with Crippen LogP contribution in [0.15, 0.2) is 47.0 Å². The van der Waals surface area contributed by atoms with Crippen molar-refractivity contribution in [2.75, 3.05) is 11.9 Å². The number of aliphatic carboxylic acids is 1. The number of carboxylic acids is 1. The number of anilines is 1. The van der Waals surface area contributed by atoms with Gasteiger partial charge in [0.1, 0.15) is 5.82 Å². The maximum Gasteiger partial charge on any atom is 0.304 e. The fourth-order valence-electron chi connectivity index (χ4n) is 4.84. The first-order chi connectivity index (χ1) is 16.1. The summed E-state index contributed by atoms with van der Waals surface area (Å²) in [5.41, 5.74) is 2.80. The first kappa shape index (κ1) is 23.0. The first-order valence-corrected chi connectivity index (χ1v) is 11.9. The summed E-state index contributed by atoms with van der Waals surface area (Å²) in [4.78, 5) is 21.1. The predicted octanol–water partition coefficient (Wildman–Crippen LogP) is 4.75. The molecule has 3 heterocycles. The molecule has 0 fully saturated rings. The third kappa shape index (κ3) is 5.78. The average Bonchev–Trinajstić information content (AvgIpc) is 3.26. The van der Waals surface area contributed by atoms with Gasteiger partial charge >= 0.3 is 5.97 Å². The number of benzene rings is 1. The van der Waals surface area contributed by atoms with Crippen molar-refractivity contribution >= 4 is 11.8 Å². The van der Waals surface area contributed by atoms with E-state index in [1.165, 1.54) is 5.56 Å². The number of nitrogens with one attached hydrogen (secondary N) is 1. The van der Waals surface area contributed by atoms with Crippen LogP contribution in [0.2, 0.25) is 0 Å². The van der Waals surface area contributed by atoms with E-state index < -0.39 is 11.4 Å². The van der Waals surface area contributed by atoms with Crippen molar-refractivity contribution in [2.24, 2.45) is 0 Å². The molecule has 0 amide bonds. The zero-order chi connectivity index (χ0) is 23.1. The van der Waals surface area contributed by atoms with Gasteiger partial charge in [-0.2, -0.15) is 4.98 Å². The van der Waals surface area contributed by atoms with Crippen molar-refractivity contribution in [1.82, 2.24) is 15.1 Å². The third-order valence-electron chi connectivity index (χ3n) is 6.39. The molecule has 1 aromatic carbocycles. The maximum atomic E-state index is 11.7. The zero-order valence-corrected chi connectivity index (χ0v) is 19.2. The number of hydrogen-bond acceptors (Lipinski definition) is 6. The molecule has 7 heteroatoms. The monoisotopic (exact) mass is 448 g/mol. The molecule has 2 aromatic heterocycles. The average molecular weight is 449 g/mol. The lowest BCUT2D eigenvalue weighted by molar-refractivity contribution is -0.138. The van der Waals surface area contributed by atoms with Crippen LogP contribution in [0.5, 0.6) is 0 Å². The lowest BCUT2D eigenvalue weighted by Gasteiger charge is -2.31. The van der Waals surface area contributed by atoms with Crippen molar-refractivity contribution < 1.29 is 14.4 Å². The van der Waals surface area contributed by atoms with Crippen molar-refractivity contribution in [3.8, 4) is 0 Å². The number of carboxylic acid groups (broad SMARTS) is 1. The molecule has 7 nitrogen and oxygen atoms in total. The van der Waals surface area contributed by atoms with Crippen molar-refractivity contribution in [1.29, 1.82) is 0 Å². The number of carbonyl (C=O) groups is 1. The van der Waals surface area contributed by atoms with E-state index in [-0.39, 0.29) is 6.42 Å². The predicted molar refractivity (Wildman–Crippen MR) is 126 cm³/mol. The van der Waals surface area contributed by atoms with Gasteiger partial charge in [-0.3, -0.25) is 4.79 Å². The molecule has 1 unspecified atom stereocenters. The molecule has 3 aromatic rings. The van der Waals surface area contributed by atoms with Gasteiger partial charge in [0, 0.05) is 30.5 Å². The number of pyridine rings is 1. The molecule has 0 aliphatic carbocycles. The van der Waals surface area contributed by atoms with Gasteiger partial charge in [0.05, 0.1) is 6.42 Å². The number of fused-ring (bicyclic) bond motifs is 1. The Balaban J connectivity index is 1.41. The van der Waals surface area contributed by atoms with Gasteiger partial charge < -0.3 is 14.9 Å². The molecular formula is C26H32N4O3. The Hall–Kier alpha value is -3.22. The van der Waals surface area contributed by atoms with Crippen LogP contribution in [0.4, 0.5) is 5.82 Å². The summed E-state index contributed by atoms with van der Waals surface area (Å²) in [6.45, 7) is 3.06. The van der Waals surface area contributed by atoms with Crippen molar-refractivity contribution in [3.63, 3.8) is 0 Å². The third-order valence-corrected chi connectivity index (χ3v) is 6.39. The molecule has 1 atom stereocenters. The van der Waals surface area contributed by atoms with Crippen LogP contribution < -0.4 is 5.32 Å². The Morgan fingerprint density at radius 1 is 1.15 bits per heavy atom. The molecule has 1 aliphatic heterocycles. The van der Waals surface area contributed by atoms with Crippen LogP contribution in [-0.2, 0) is 35.9 Å². The molecule has 0 saturated heterocycles. The van der Waals surface area contributed by atoms with Gasteiger partial charge in [0.25, 0.3) is 0 Å². The normalized spacial score (nSPS) is 14.8. The molecule has 1 aliphatic rings. The largest absolute Gasteiger partial charge is 0.481 e. The smallest absolute Gasteiger partial charge is 0.304 e. The minimum Gasteiger partial charge on any atom is -0.481 e. The number of aromatic nitrogens is 3. The van der Waals surface area contributed by atoms with Gasteiger partial charge in [-0.25, -0.2) is 4.98 Å². The number of rotatable bonds is 11. The van der Waals surface area contributed by atoms with Crippen molar-refractivity contribution in [3.05, 3.63) is 71.0 Å². The summed E-state index contributed by atoms with van der Waals surface area (Å²) in [5, 5.41) is 17.2. The summed E-state index contributed by atoms with van der Waals surface area (Å²) in [7, 11) is 0. The van der Waals surface area contributed by atoms with Gasteiger partial charge in [-0.05, 0) is 49.3 Å². The fourth-order valence-corrected chi connectivity index (χ4v) is 4.84. The van der Waals surface area contributed by atoms with Gasteiger partial charge in [0.2, 0.25) is 5.89 Å². The van der Waals surface area contributed by atoms with E-state index >= 15 is 0 Å². The molecule has 0 saturated carbocycles. The van der Waals surface area contributed by atoms with E-state index in [4.69, 9.17) is 9.51 Å². The number of nitrogens with zero attached hydrogens (tertiary/aromatic N) is 3. The number of hydrogen-bond donors (Lipinski definition) is 2. The van der Waals surface area contributed by atoms with Crippen LogP contribution in [0.3, 0.4) is 0 Å². The molecule has 33 heavy (non-hydrogen) atoms. The summed E-state index contributed by atoms with van der Waals surface area (Å²) in [6, 6.07) is 14.1. The SMILES string of the molecule is CCCC(CC(=O)O)(Cc1nc(CCCc2ccc3c(n2)NCCC3)no1)c1ccccc1. The van der Waals surface area contributed by atoms with E-state index in [2.05, 4.69) is 34.5 Å². The van der Waals surface area contributed by atoms with E-state index in [9.17, 15) is 9.90 Å². The van der Waals surface area contributed by atoms with Gasteiger partial charge in [0.15, 0.2) is 5.82 Å². The highest BCUT2D eigenvalue weighted by molar-refractivity contribution is 5.69. The minimum absolute atomic E-state index is 0.0284. The van der Waals surface area contributed by atoms with Crippen LogP contribution >= 0.6 is 0 Å². The Morgan fingerprint density at radius 2 is 2.00 bits per heavy atom. The molecular weight excluding hydrogens is 416 g/mol. The lowest BCUT2D eigenvalue weighted by Crippen LogP contribution is -2.32. The summed E-state index contributed by atoms with van der Waals surface area (Å²) in [6.07, 6.45) is 6.71. The summed E-state index contributed by atoms with van der Waals surface area (Å²) in [5.74, 6) is 1.36. The highest BCUT2D eigenvalue weighted by Gasteiger charge is 2.36. The highest BCUT2D eigenvalue weighted by Crippen LogP contribution is 2.36. The Bertz CT molecular complexity index is 1070. The quantitative estimate of drug-likeness (QED) is 0.436.